The van der Waals surface area contributed by atoms with Gasteiger partial charge in [0.2, 0.25) is 5.88 Å². The molecule has 28 heavy (non-hydrogen) atoms. The summed E-state index contributed by atoms with van der Waals surface area (Å²) in [4.78, 5) is 3.83. The van der Waals surface area contributed by atoms with Crippen molar-refractivity contribution >= 4 is 23.2 Å². The lowest BCUT2D eigenvalue weighted by atomic mass is 10.1. The number of nitrogens with one attached hydrogen (secondary N) is 1. The van der Waals surface area contributed by atoms with Gasteiger partial charge < -0.3 is 9.47 Å². The van der Waals surface area contributed by atoms with Crippen LogP contribution >= 0.6 is 23.2 Å². The average Bonchev–Trinajstić information content (AvgIpc) is 3.37. The van der Waals surface area contributed by atoms with Crippen LogP contribution in [0.5, 0.6) is 0 Å². The fraction of sp³-hybridized carbons (Fsp3) is 0.381. The van der Waals surface area contributed by atoms with Gasteiger partial charge in [-0.2, -0.15) is 0 Å². The van der Waals surface area contributed by atoms with Crippen LogP contribution in [0.3, 0.4) is 0 Å². The molecule has 0 bridgehead atoms. The molecule has 0 radical (unpaired) electrons. The molecule has 3 aliphatic rings. The van der Waals surface area contributed by atoms with Gasteiger partial charge in [-0.1, -0.05) is 42.8 Å². The van der Waals surface area contributed by atoms with E-state index in [1.165, 1.54) is 0 Å². The third-order valence-electron chi connectivity index (χ3n) is 4.88. The van der Waals surface area contributed by atoms with E-state index < -0.39 is 0 Å². The van der Waals surface area contributed by atoms with E-state index in [0.29, 0.717) is 10.0 Å². The lowest BCUT2D eigenvalue weighted by Crippen LogP contribution is -2.43. The first-order valence-corrected chi connectivity index (χ1v) is 10.1. The Kier molecular flexibility index (Phi) is 7.18. The molecule has 0 aliphatic carbocycles. The molecule has 5 nitrogen and oxygen atoms in total. The van der Waals surface area contributed by atoms with Crippen molar-refractivity contribution in [2.75, 3.05) is 13.7 Å². The van der Waals surface area contributed by atoms with E-state index in [9.17, 15) is 0 Å². The van der Waals surface area contributed by atoms with Crippen LogP contribution in [0.15, 0.2) is 60.4 Å². The maximum atomic E-state index is 5.78. The smallest absolute Gasteiger partial charge is 0.208 e. The molecule has 1 fully saturated rings. The van der Waals surface area contributed by atoms with Gasteiger partial charge >= 0.3 is 0 Å². The van der Waals surface area contributed by atoms with Crippen molar-refractivity contribution in [2.45, 2.75) is 38.3 Å². The third-order valence-corrected chi connectivity index (χ3v) is 5.53. The second-order valence-electron chi connectivity index (χ2n) is 6.56. The quantitative estimate of drug-likeness (QED) is 0.755. The van der Waals surface area contributed by atoms with Gasteiger partial charge in [-0.3, -0.25) is 4.98 Å². The zero-order valence-corrected chi connectivity index (χ0v) is 17.6. The molecule has 7 heteroatoms. The van der Waals surface area contributed by atoms with E-state index in [-0.39, 0.29) is 12.1 Å². The third kappa shape index (κ3) is 4.44. The molecule has 1 aromatic heterocycles. The fourth-order valence-electron chi connectivity index (χ4n) is 3.41. The minimum atomic E-state index is 0.211. The van der Waals surface area contributed by atoms with Gasteiger partial charge in [0.15, 0.2) is 0 Å². The largest absolute Gasteiger partial charge is 0.481 e. The van der Waals surface area contributed by atoms with Crippen LogP contribution in [-0.4, -0.2) is 35.9 Å². The molecule has 3 aliphatic heterocycles. The summed E-state index contributed by atoms with van der Waals surface area (Å²) >= 11 is 11.6. The van der Waals surface area contributed by atoms with Gasteiger partial charge in [0.25, 0.3) is 0 Å². The Morgan fingerprint density at radius 2 is 2.11 bits per heavy atom. The number of rotatable bonds is 4. The van der Waals surface area contributed by atoms with Gasteiger partial charge in [-0.25, -0.2) is 10.4 Å². The van der Waals surface area contributed by atoms with Crippen molar-refractivity contribution in [3.8, 4) is 0 Å². The van der Waals surface area contributed by atoms with Crippen LogP contribution in [0, 0.1) is 0 Å². The zero-order valence-electron chi connectivity index (χ0n) is 16.1. The maximum absolute atomic E-state index is 5.78. The Balaban J connectivity index is 0.000000192. The highest BCUT2D eigenvalue weighted by molar-refractivity contribution is 6.35. The predicted molar refractivity (Wildman–Crippen MR) is 113 cm³/mol. The Morgan fingerprint density at radius 1 is 1.36 bits per heavy atom. The van der Waals surface area contributed by atoms with Crippen LogP contribution in [-0.2, 0) is 15.9 Å². The number of nitrogens with zero attached hydrogens (tertiary/aromatic N) is 2. The summed E-state index contributed by atoms with van der Waals surface area (Å²) in [7, 11) is 1.68. The zero-order chi connectivity index (χ0) is 20.1. The molecule has 2 atom stereocenters. The minimum absolute atomic E-state index is 0.211. The molecule has 0 saturated carbocycles. The van der Waals surface area contributed by atoms with Gasteiger partial charge in [0, 0.05) is 25.1 Å². The summed E-state index contributed by atoms with van der Waals surface area (Å²) in [6, 6.07) is 0.211. The maximum Gasteiger partial charge on any atom is 0.208 e. The Bertz CT molecular complexity index is 794. The summed E-state index contributed by atoms with van der Waals surface area (Å²) in [5, 5.41) is 3.27. The summed E-state index contributed by atoms with van der Waals surface area (Å²) in [6.07, 6.45) is 14.6. The SMILES string of the molecule is C=CC1=CC=C(OC)N2NC(C3CCCO3)C=C12.CCc1c(Cl)cncc1Cl. The lowest BCUT2D eigenvalue weighted by molar-refractivity contribution is 0.0674. The lowest BCUT2D eigenvalue weighted by Gasteiger charge is -2.28. The highest BCUT2D eigenvalue weighted by Gasteiger charge is 2.35. The van der Waals surface area contributed by atoms with Crippen LogP contribution in [0.2, 0.25) is 10.0 Å². The number of fused-ring (bicyclic) bond motifs is 1. The van der Waals surface area contributed by atoms with E-state index in [2.05, 4.69) is 23.1 Å². The molecular formula is C21H25Cl2N3O2. The van der Waals surface area contributed by atoms with E-state index >= 15 is 0 Å². The average molecular weight is 422 g/mol. The number of ether oxygens (including phenoxy) is 2. The molecule has 2 unspecified atom stereocenters. The van der Waals surface area contributed by atoms with Crippen molar-refractivity contribution in [1.29, 1.82) is 0 Å². The first-order chi connectivity index (χ1) is 13.6. The van der Waals surface area contributed by atoms with Crippen LogP contribution < -0.4 is 5.43 Å². The highest BCUT2D eigenvalue weighted by Crippen LogP contribution is 2.32. The number of aromatic nitrogens is 1. The van der Waals surface area contributed by atoms with Crippen LogP contribution in [0.4, 0.5) is 0 Å². The van der Waals surface area contributed by atoms with Crippen molar-refractivity contribution in [3.05, 3.63) is 76.0 Å². The number of methoxy groups -OCH3 is 1. The van der Waals surface area contributed by atoms with Crippen molar-refractivity contribution in [3.63, 3.8) is 0 Å². The van der Waals surface area contributed by atoms with Crippen LogP contribution in [0.25, 0.3) is 0 Å². The Hall–Kier alpha value is -1.79. The molecule has 1 N–H and O–H groups in total. The number of halogens is 2. The molecular weight excluding hydrogens is 397 g/mol. The molecule has 0 amide bonds. The second kappa shape index (κ2) is 9.61. The Morgan fingerprint density at radius 3 is 2.64 bits per heavy atom. The molecule has 0 spiro atoms. The van der Waals surface area contributed by atoms with Gasteiger partial charge in [0.05, 0.1) is 35.0 Å². The predicted octanol–water partition coefficient (Wildman–Crippen LogP) is 4.80. The van der Waals surface area contributed by atoms with E-state index in [1.54, 1.807) is 19.5 Å². The normalized spacial score (nSPS) is 23.1. The van der Waals surface area contributed by atoms with Crippen molar-refractivity contribution in [2.24, 2.45) is 0 Å². The number of pyridine rings is 1. The van der Waals surface area contributed by atoms with Gasteiger partial charge in [-0.05, 0) is 42.6 Å². The van der Waals surface area contributed by atoms with Gasteiger partial charge in [-0.15, -0.1) is 0 Å². The molecule has 4 rings (SSSR count). The number of hydrogen-bond donors (Lipinski definition) is 1. The number of hydrazine groups is 1. The van der Waals surface area contributed by atoms with Gasteiger partial charge in [0.1, 0.15) is 0 Å². The molecule has 1 saturated heterocycles. The topological polar surface area (TPSA) is 46.6 Å². The fourth-order valence-corrected chi connectivity index (χ4v) is 4.05. The highest BCUT2D eigenvalue weighted by atomic mass is 35.5. The number of allylic oxidation sites excluding steroid dienone is 3. The molecule has 0 aromatic carbocycles. The van der Waals surface area contributed by atoms with Crippen molar-refractivity contribution in [1.82, 2.24) is 15.4 Å². The molecule has 1 aromatic rings. The minimum Gasteiger partial charge on any atom is -0.481 e. The first-order valence-electron chi connectivity index (χ1n) is 9.35. The monoisotopic (exact) mass is 421 g/mol. The van der Waals surface area contributed by atoms with E-state index in [4.69, 9.17) is 32.7 Å². The summed E-state index contributed by atoms with van der Waals surface area (Å²) in [5.41, 5.74) is 6.61. The van der Waals surface area contributed by atoms with E-state index in [1.807, 2.05) is 30.2 Å². The summed E-state index contributed by atoms with van der Waals surface area (Å²) in [6.45, 7) is 6.72. The van der Waals surface area contributed by atoms with E-state index in [0.717, 1.165) is 48.6 Å². The standard InChI is InChI=1S/C14H18N2O2.C7H7Cl2N/c1-3-10-6-7-14(17-2)16-12(10)9-11(15-16)13-5-4-8-18-13;1-2-5-6(8)3-10-4-7(5)9/h3,6-7,9,11,13,15H,1,4-5,8H2,2H3;3-4H,2H2,1H3. The number of hydrogen-bond acceptors (Lipinski definition) is 5. The Labute approximate surface area is 176 Å². The molecule has 150 valence electrons. The molecule has 4 heterocycles. The summed E-state index contributed by atoms with van der Waals surface area (Å²) < 4.78 is 11.1. The second-order valence-corrected chi connectivity index (χ2v) is 7.38. The van der Waals surface area contributed by atoms with Crippen molar-refractivity contribution < 1.29 is 9.47 Å². The first kappa shape index (κ1) is 20.9. The summed E-state index contributed by atoms with van der Waals surface area (Å²) in [5.74, 6) is 0.798. The van der Waals surface area contributed by atoms with Crippen LogP contribution in [0.1, 0.15) is 25.3 Å².